The van der Waals surface area contributed by atoms with Crippen LogP contribution in [0.5, 0.6) is 0 Å². The van der Waals surface area contributed by atoms with Crippen LogP contribution in [0.15, 0.2) is 74.4 Å². The van der Waals surface area contributed by atoms with Crippen LogP contribution in [-0.4, -0.2) is 282 Å². The third-order valence-corrected chi connectivity index (χ3v) is 19.0. The average molecular weight is 1640 g/mol. The first-order valence-electron chi connectivity index (χ1n) is 39.3. The van der Waals surface area contributed by atoms with E-state index in [0.717, 1.165) is 41.4 Å². The third kappa shape index (κ3) is 25.1. The van der Waals surface area contributed by atoms with Crippen LogP contribution >= 0.6 is 0 Å². The highest BCUT2D eigenvalue weighted by Gasteiger charge is 2.35. The lowest BCUT2D eigenvalue weighted by Crippen LogP contribution is -2.39. The summed E-state index contributed by atoms with van der Waals surface area (Å²) in [7, 11) is 0. The highest BCUT2D eigenvalue weighted by atomic mass is 16.3. The smallest absolute Gasteiger partial charge is 0.0967 e. The van der Waals surface area contributed by atoms with Crippen LogP contribution in [0.3, 0.4) is 0 Å². The minimum absolute atomic E-state index is 0.0478. The van der Waals surface area contributed by atoms with Crippen LogP contribution in [0.1, 0.15) is 165 Å². The van der Waals surface area contributed by atoms with Crippen molar-refractivity contribution in [1.82, 2.24) is 200 Å². The van der Waals surface area contributed by atoms with Crippen molar-refractivity contribution in [2.75, 3.05) is 46.2 Å². The van der Waals surface area contributed by atoms with Gasteiger partial charge in [0.1, 0.15) is 0 Å². The van der Waals surface area contributed by atoms with Crippen molar-refractivity contribution in [3.63, 3.8) is 0 Å². The van der Waals surface area contributed by atoms with E-state index in [1.54, 1.807) is 63.8 Å². The molecule has 0 saturated heterocycles. The van der Waals surface area contributed by atoms with Gasteiger partial charge in [0, 0.05) is 135 Å². The zero-order valence-corrected chi connectivity index (χ0v) is 69.7. The normalized spacial score (nSPS) is 12.8. The highest BCUT2D eigenvalue weighted by molar-refractivity contribution is 5.07. The van der Waals surface area contributed by atoms with Crippen LogP contribution in [0.4, 0.5) is 0 Å². The second kappa shape index (κ2) is 39.2. The predicted molar refractivity (Wildman–Crippen MR) is 417 cm³/mol. The van der Waals surface area contributed by atoms with Crippen molar-refractivity contribution in [2.24, 2.45) is 10.8 Å². The molecule has 0 atom stereocenters. The van der Waals surface area contributed by atoms with Gasteiger partial charge in [0.05, 0.1) is 218 Å². The Morgan fingerprint density at radius 3 is 0.551 bits per heavy atom. The molecule has 12 heterocycles. The molecule has 7 N–H and O–H groups in total. The molecule has 0 aromatic carbocycles. The molecular weight excluding hydrogens is 1530 g/mol. The highest BCUT2D eigenvalue weighted by Crippen LogP contribution is 2.27. The molecule has 47 heteroatoms. The summed E-state index contributed by atoms with van der Waals surface area (Å²) in [4.78, 5) is 8.44. The molecule has 12 aromatic rings. The molecule has 0 aliphatic carbocycles. The van der Waals surface area contributed by atoms with E-state index in [-0.39, 0.29) is 94.6 Å². The van der Waals surface area contributed by atoms with Gasteiger partial charge in [-0.3, -0.25) is 43.0 Å². The van der Waals surface area contributed by atoms with E-state index in [1.807, 2.05) is 71.7 Å². The summed E-state index contributed by atoms with van der Waals surface area (Å²) in [5.41, 5.74) is 5.84. The first-order chi connectivity index (χ1) is 56.3. The number of rotatable bonds is 44. The molecule has 0 unspecified atom stereocenters. The Morgan fingerprint density at radius 1 is 0.229 bits per heavy atom. The molecule has 640 valence electrons. The fraction of sp³-hybridized carbons (Fsp3) is 0.662. The topological polar surface area (TPSA) is 523 Å². The van der Waals surface area contributed by atoms with Gasteiger partial charge < -0.3 is 35.7 Å². The van der Waals surface area contributed by atoms with Crippen LogP contribution in [0.25, 0.3) is 0 Å². The summed E-state index contributed by atoms with van der Waals surface area (Å²) >= 11 is 0. The second-order valence-corrected chi connectivity index (χ2v) is 34.2. The summed E-state index contributed by atoms with van der Waals surface area (Å²) in [6.07, 6.45) is 23.2. The Labute approximate surface area is 681 Å². The molecular formula is C71H114N40O7. The van der Waals surface area contributed by atoms with Crippen molar-refractivity contribution in [2.45, 2.75) is 249 Å². The Hall–Kier alpha value is -10.8. The van der Waals surface area contributed by atoms with Crippen LogP contribution in [0, 0.1) is 10.8 Å². The van der Waals surface area contributed by atoms with Gasteiger partial charge >= 0.3 is 0 Å². The molecule has 0 amide bonds. The van der Waals surface area contributed by atoms with E-state index in [0.29, 0.717) is 138 Å². The van der Waals surface area contributed by atoms with Gasteiger partial charge in [-0.1, -0.05) is 69.5 Å². The maximum atomic E-state index is 10.7. The maximum absolute atomic E-state index is 10.7. The number of aliphatic hydroxyl groups is 7. The van der Waals surface area contributed by atoms with E-state index >= 15 is 0 Å². The minimum atomic E-state index is -1.06. The van der Waals surface area contributed by atoms with E-state index in [4.69, 9.17) is 0 Å². The maximum Gasteiger partial charge on any atom is 0.0967 e. The number of hydrogen-bond donors (Lipinski definition) is 7. The van der Waals surface area contributed by atoms with Gasteiger partial charge in [0.2, 0.25) is 0 Å². The van der Waals surface area contributed by atoms with Crippen LogP contribution < -0.4 is 0 Å². The fourth-order valence-corrected chi connectivity index (χ4v) is 12.8. The molecule has 0 bridgehead atoms. The zero-order chi connectivity index (χ0) is 84.4. The number of hydrogen-bond acceptors (Lipinski definition) is 35. The first-order valence-corrected chi connectivity index (χ1v) is 39.3. The lowest BCUT2D eigenvalue weighted by molar-refractivity contribution is 0.0186. The Kier molecular flexibility index (Phi) is 29.3. The number of nitrogens with zero attached hydrogens (tertiary/aromatic N) is 40. The summed E-state index contributed by atoms with van der Waals surface area (Å²) in [5.74, 6) is 0. The predicted octanol–water partition coefficient (Wildman–Crippen LogP) is -0.970. The monoisotopic (exact) mass is 1640 g/mol. The van der Waals surface area contributed by atoms with Crippen molar-refractivity contribution >= 4 is 0 Å². The third-order valence-electron chi connectivity index (χ3n) is 19.0. The van der Waals surface area contributed by atoms with Gasteiger partial charge in [-0.05, 0) is 89.5 Å². The molecule has 0 saturated carbocycles. The SMILES string of the molecule is CC(C)(C)n1cc(CN(Cc2cn(CC(CO)(CO)Cn3cc(CN(Cc4cn(C(C)(C)C)nn4)Cc4cn(C(C)(C)C)nn4)nn3)nn2)Cc2cn(C(C)(C)C)nn2)nn1.CCCn1cc(CN(Cc2cn(CCO)nn2)Cc2cn(CC(CO)(CO)Cn3cc(CN(Cc4cn(CCO)nn4)Cc4cn(CCO)nn4)nn3)nn2)nn1. The summed E-state index contributed by atoms with van der Waals surface area (Å²) < 4.78 is 20.4. The van der Waals surface area contributed by atoms with Gasteiger partial charge in [-0.2, -0.15) is 0 Å². The molecule has 118 heavy (non-hydrogen) atoms. The Balaban J connectivity index is 0.000000232. The van der Waals surface area contributed by atoms with Crippen molar-refractivity contribution in [1.29, 1.82) is 0 Å². The molecule has 12 rings (SSSR count). The summed E-state index contributed by atoms with van der Waals surface area (Å²) in [6.45, 7) is 33.1. The van der Waals surface area contributed by atoms with Gasteiger partial charge in [0.15, 0.2) is 0 Å². The molecule has 0 aliphatic heterocycles. The number of aryl methyl sites for hydroxylation is 1. The van der Waals surface area contributed by atoms with Crippen molar-refractivity contribution in [3.8, 4) is 0 Å². The standard InChI is InChI=1S/C39H64N20O2.C32H50N20O5/c1-35(2,3)56-21-31(42-48-56)15-52(16-32-22-57(49-43-32)36(4,5)6)13-29-19-54(46-40-29)25-39(27-60,28-61)26-55-20-30(41-47-55)14-53(17-33-23-58(50-44-33)37(7,8)9)18-34-24-59(51-45-34)38(10,11)12;1-2-3-47-16-26(33-39-47)10-45(11-27-17-48(4-7-53)40-34-27)14-30-20-51(43-37-30)22-32(24-56,25-57)23-52-21-31(38-44-52)15-46(12-28-18-49(5-8-54)41-35-28)13-29-19-50(6-9-55)42-36-29/h19-24,60-61H,13-18,25-28H2,1-12H3;16-21,53-57H,2-15,22-25H2,1H3. The van der Waals surface area contributed by atoms with Gasteiger partial charge in [-0.15, -0.1) is 61.2 Å². The molecule has 12 aromatic heterocycles. The van der Waals surface area contributed by atoms with Gasteiger partial charge in [0.25, 0.3) is 0 Å². The lowest BCUT2D eigenvalue weighted by atomic mass is 9.90. The first kappa shape index (κ1) is 88.1. The van der Waals surface area contributed by atoms with Gasteiger partial charge in [-0.25, -0.2) is 32.8 Å². The lowest BCUT2D eigenvalue weighted by Gasteiger charge is -2.29. The largest absolute Gasteiger partial charge is 0.396 e. The number of aromatic nitrogens is 36. The minimum Gasteiger partial charge on any atom is -0.396 e. The van der Waals surface area contributed by atoms with E-state index in [1.165, 1.54) is 0 Å². The Morgan fingerprint density at radius 2 is 0.390 bits per heavy atom. The van der Waals surface area contributed by atoms with Crippen LogP contribution in [-0.2, 0) is 153 Å². The fourth-order valence-electron chi connectivity index (χ4n) is 12.8. The van der Waals surface area contributed by atoms with Crippen LogP contribution in [0.2, 0.25) is 0 Å². The summed E-state index contributed by atoms with van der Waals surface area (Å²) in [6, 6.07) is 0. The Bertz CT molecular complexity index is 4470. The quantitative estimate of drug-likeness (QED) is 0.0242. The summed E-state index contributed by atoms with van der Waals surface area (Å²) in [5, 5.41) is 175. The van der Waals surface area contributed by atoms with E-state index < -0.39 is 10.8 Å². The number of aliphatic hydroxyl groups excluding tert-OH is 7. The molecule has 47 nitrogen and oxygen atoms in total. The molecule has 0 aliphatic rings. The second-order valence-electron chi connectivity index (χ2n) is 34.2. The molecule has 0 fully saturated rings. The zero-order valence-electron chi connectivity index (χ0n) is 69.7. The molecule has 0 radical (unpaired) electrons. The van der Waals surface area contributed by atoms with Crippen molar-refractivity contribution < 1.29 is 35.7 Å². The average Bonchev–Trinajstić information content (AvgIpc) is 1.68. The van der Waals surface area contributed by atoms with Crippen molar-refractivity contribution in [3.05, 3.63) is 143 Å². The van der Waals surface area contributed by atoms with E-state index in [9.17, 15) is 35.7 Å². The molecule has 0 spiro atoms. The van der Waals surface area contributed by atoms with E-state index in [2.05, 4.69) is 228 Å².